The van der Waals surface area contributed by atoms with Crippen LogP contribution in [0.4, 0.5) is 0 Å². The molecule has 0 amide bonds. The van der Waals surface area contributed by atoms with Crippen molar-refractivity contribution in [3.8, 4) is 0 Å². The zero-order chi connectivity index (χ0) is 13.5. The second-order valence-electron chi connectivity index (χ2n) is 3.38. The van der Waals surface area contributed by atoms with Crippen molar-refractivity contribution in [2.45, 2.75) is 12.2 Å². The Morgan fingerprint density at radius 1 is 1.67 bits per heavy atom. The molecule has 18 heavy (non-hydrogen) atoms. The molecule has 8 heteroatoms. The first-order valence-corrected chi connectivity index (χ1v) is 5.01. The van der Waals surface area contributed by atoms with E-state index in [1.165, 1.54) is 25.6 Å². The van der Waals surface area contributed by atoms with Gasteiger partial charge in [0.25, 0.3) is 0 Å². The Kier molecular flexibility index (Phi) is 5.06. The maximum atomic E-state index is 11.5. The molecular formula is C10H12N4O4. The third-order valence-electron chi connectivity index (χ3n) is 2.27. The number of methoxy groups -OCH3 is 1. The minimum atomic E-state index is -1.39. The monoisotopic (exact) mass is 252 g/mol. The third-order valence-corrected chi connectivity index (χ3v) is 2.27. The van der Waals surface area contributed by atoms with Crippen LogP contribution in [0.3, 0.4) is 0 Å². The van der Waals surface area contributed by atoms with Crippen LogP contribution in [0.25, 0.3) is 10.4 Å². The van der Waals surface area contributed by atoms with Gasteiger partial charge in [-0.25, -0.2) is 4.79 Å². The Bertz CT molecular complexity index is 473. The summed E-state index contributed by atoms with van der Waals surface area (Å²) < 4.78 is 4.55. The average molecular weight is 252 g/mol. The van der Waals surface area contributed by atoms with Gasteiger partial charge in [-0.3, -0.25) is 4.98 Å². The highest BCUT2D eigenvalue weighted by Crippen LogP contribution is 2.21. The average Bonchev–Trinajstić information content (AvgIpc) is 2.43. The zero-order valence-corrected chi connectivity index (χ0v) is 9.59. The topological polar surface area (TPSA) is 128 Å². The molecule has 96 valence electrons. The Hall–Kier alpha value is -2.15. The van der Waals surface area contributed by atoms with Crippen LogP contribution in [0.15, 0.2) is 23.6 Å². The van der Waals surface area contributed by atoms with E-state index in [1.54, 1.807) is 0 Å². The first kappa shape index (κ1) is 13.9. The van der Waals surface area contributed by atoms with E-state index in [9.17, 15) is 15.0 Å². The number of rotatable bonds is 5. The van der Waals surface area contributed by atoms with Gasteiger partial charge in [0.05, 0.1) is 25.3 Å². The summed E-state index contributed by atoms with van der Waals surface area (Å²) in [7, 11) is 1.20. The molecular weight excluding hydrogens is 240 g/mol. The number of aromatic nitrogens is 1. The number of azide groups is 1. The number of pyridine rings is 1. The van der Waals surface area contributed by atoms with Crippen LogP contribution in [0.5, 0.6) is 0 Å². The van der Waals surface area contributed by atoms with Gasteiger partial charge in [-0.05, 0) is 11.6 Å². The number of esters is 1. The Balaban J connectivity index is 3.01. The van der Waals surface area contributed by atoms with Gasteiger partial charge in [0.1, 0.15) is 6.10 Å². The van der Waals surface area contributed by atoms with Crippen LogP contribution in [-0.4, -0.2) is 40.9 Å². The van der Waals surface area contributed by atoms with Crippen molar-refractivity contribution in [3.05, 3.63) is 40.0 Å². The van der Waals surface area contributed by atoms with Gasteiger partial charge in [-0.2, -0.15) is 0 Å². The third kappa shape index (κ3) is 3.17. The first-order chi connectivity index (χ1) is 8.61. The highest BCUT2D eigenvalue weighted by Gasteiger charge is 2.23. The number of hydrogen-bond donors (Lipinski definition) is 2. The van der Waals surface area contributed by atoms with Crippen LogP contribution in [0.2, 0.25) is 0 Å². The second kappa shape index (κ2) is 6.55. The van der Waals surface area contributed by atoms with Gasteiger partial charge in [-0.15, -0.1) is 0 Å². The highest BCUT2D eigenvalue weighted by molar-refractivity contribution is 5.90. The fourth-order valence-corrected chi connectivity index (χ4v) is 1.37. The van der Waals surface area contributed by atoms with Crippen molar-refractivity contribution in [3.63, 3.8) is 0 Å². The second-order valence-corrected chi connectivity index (χ2v) is 3.38. The van der Waals surface area contributed by atoms with Crippen molar-refractivity contribution in [2.24, 2.45) is 5.11 Å². The van der Waals surface area contributed by atoms with Gasteiger partial charge in [-0.1, -0.05) is 5.11 Å². The molecule has 0 aromatic carbocycles. The molecule has 2 unspecified atom stereocenters. The summed E-state index contributed by atoms with van der Waals surface area (Å²) in [6.07, 6.45) is -0.106. The van der Waals surface area contributed by atoms with Crippen molar-refractivity contribution < 1.29 is 19.7 Å². The van der Waals surface area contributed by atoms with Crippen molar-refractivity contribution in [1.82, 2.24) is 4.98 Å². The first-order valence-electron chi connectivity index (χ1n) is 5.01. The maximum Gasteiger partial charge on any atom is 0.338 e. The number of aliphatic hydroxyl groups excluding tert-OH is 2. The smallest absolute Gasteiger partial charge is 0.338 e. The summed E-state index contributed by atoms with van der Waals surface area (Å²) in [6.45, 7) is -0.312. The van der Waals surface area contributed by atoms with Crippen LogP contribution in [0.1, 0.15) is 22.0 Å². The normalized spacial score (nSPS) is 13.3. The van der Waals surface area contributed by atoms with E-state index in [-0.39, 0.29) is 17.7 Å². The number of carbonyl (C=O) groups excluding carboxylic acids is 1. The fraction of sp³-hybridized carbons (Fsp3) is 0.400. The predicted molar refractivity (Wildman–Crippen MR) is 60.6 cm³/mol. The van der Waals surface area contributed by atoms with Crippen molar-refractivity contribution in [1.29, 1.82) is 0 Å². The quantitative estimate of drug-likeness (QED) is 0.342. The van der Waals surface area contributed by atoms with Gasteiger partial charge in [0, 0.05) is 22.9 Å². The maximum absolute atomic E-state index is 11.5. The van der Waals surface area contributed by atoms with Gasteiger partial charge >= 0.3 is 5.97 Å². The highest BCUT2D eigenvalue weighted by atomic mass is 16.5. The molecule has 1 aromatic rings. The van der Waals surface area contributed by atoms with Gasteiger partial charge in [0.15, 0.2) is 0 Å². The molecule has 2 N–H and O–H groups in total. The molecule has 0 saturated carbocycles. The van der Waals surface area contributed by atoms with Crippen molar-refractivity contribution >= 4 is 5.97 Å². The summed E-state index contributed by atoms with van der Waals surface area (Å²) in [5.41, 5.74) is 8.34. The van der Waals surface area contributed by atoms with E-state index in [4.69, 9.17) is 5.53 Å². The molecule has 2 atom stereocenters. The fourth-order valence-electron chi connectivity index (χ4n) is 1.37. The van der Waals surface area contributed by atoms with Crippen LogP contribution < -0.4 is 0 Å². The number of aliphatic hydroxyl groups is 2. The number of hydrogen-bond acceptors (Lipinski definition) is 6. The summed E-state index contributed by atoms with van der Waals surface area (Å²) in [5, 5.41) is 22.6. The molecule has 1 heterocycles. The standard InChI is InChI=1S/C10H12N4O4/c1-18-10(17)6-2-3-12-4-7(6)9(16)8(15)5-13-14-11/h2-4,8-9,15-16H,5H2,1H3. The summed E-state index contributed by atoms with van der Waals surface area (Å²) >= 11 is 0. The lowest BCUT2D eigenvalue weighted by molar-refractivity contribution is 0.0227. The molecule has 0 saturated heterocycles. The number of nitrogens with zero attached hydrogens (tertiary/aromatic N) is 4. The molecule has 0 aliphatic carbocycles. The molecule has 1 aromatic heterocycles. The minimum Gasteiger partial charge on any atom is -0.465 e. The molecule has 0 aliphatic rings. The number of carbonyl (C=O) groups is 1. The molecule has 0 aliphatic heterocycles. The lowest BCUT2D eigenvalue weighted by Gasteiger charge is -2.17. The van der Waals surface area contributed by atoms with E-state index in [0.29, 0.717) is 0 Å². The van der Waals surface area contributed by atoms with E-state index in [1.807, 2.05) is 0 Å². The number of ether oxygens (including phenoxy) is 1. The molecule has 0 spiro atoms. The molecule has 0 fully saturated rings. The predicted octanol–water partition coefficient (Wildman–Crippen LogP) is 0.573. The summed E-state index contributed by atoms with van der Waals surface area (Å²) in [6, 6.07) is 1.37. The van der Waals surface area contributed by atoms with E-state index >= 15 is 0 Å². The van der Waals surface area contributed by atoms with E-state index in [2.05, 4.69) is 19.7 Å². The van der Waals surface area contributed by atoms with Crippen LogP contribution in [0, 0.1) is 0 Å². The Morgan fingerprint density at radius 3 is 3.00 bits per heavy atom. The van der Waals surface area contributed by atoms with Crippen LogP contribution in [-0.2, 0) is 4.74 Å². The molecule has 0 bridgehead atoms. The Morgan fingerprint density at radius 2 is 2.39 bits per heavy atom. The van der Waals surface area contributed by atoms with E-state index < -0.39 is 18.2 Å². The zero-order valence-electron chi connectivity index (χ0n) is 9.59. The summed E-state index contributed by atoms with van der Waals surface area (Å²) in [4.78, 5) is 17.7. The van der Waals surface area contributed by atoms with Crippen LogP contribution >= 0.6 is 0 Å². The van der Waals surface area contributed by atoms with Crippen molar-refractivity contribution in [2.75, 3.05) is 13.7 Å². The molecule has 1 rings (SSSR count). The Labute approximate surface area is 102 Å². The lowest BCUT2D eigenvalue weighted by atomic mass is 10.0. The van der Waals surface area contributed by atoms with Gasteiger partial charge < -0.3 is 14.9 Å². The van der Waals surface area contributed by atoms with E-state index in [0.717, 1.165) is 0 Å². The van der Waals surface area contributed by atoms with Gasteiger partial charge in [0.2, 0.25) is 0 Å². The summed E-state index contributed by atoms with van der Waals surface area (Å²) in [5.74, 6) is -0.651. The minimum absolute atomic E-state index is 0.0972. The lowest BCUT2D eigenvalue weighted by Crippen LogP contribution is -2.23. The molecule has 0 radical (unpaired) electrons. The molecule has 8 nitrogen and oxygen atoms in total. The largest absolute Gasteiger partial charge is 0.465 e. The SMILES string of the molecule is COC(=O)c1ccncc1C(O)C(O)CN=[N+]=[N-].